The molecule has 1 aliphatic rings. The predicted molar refractivity (Wildman–Crippen MR) is 101 cm³/mol. The van der Waals surface area contributed by atoms with E-state index in [4.69, 9.17) is 21.7 Å². The number of hydrogen-bond acceptors (Lipinski definition) is 4. The number of carbonyl (C=O) groups is 1. The van der Waals surface area contributed by atoms with E-state index in [9.17, 15) is 4.79 Å². The van der Waals surface area contributed by atoms with Crippen molar-refractivity contribution in [1.29, 1.82) is 0 Å². The number of carbonyl (C=O) groups excluding carboxylic acids is 1. The number of fused-ring (bicyclic) bond motifs is 1. The number of esters is 1. The average molecular weight is 356 g/mol. The molecule has 0 bridgehead atoms. The molecule has 0 saturated carbocycles. The molecule has 2 aromatic rings. The standard InChI is InChI=1S/C19H20N2O3S/c1-12-16(18(22)24-11-10-23-2)17(21-19(25)20-12)15-9-5-7-13-6-3-4-8-14(13)15/h3-9,17H,10-11H2,1-2H3,(H2,20,21,25)/t17-/m1/s1. The molecule has 0 fully saturated rings. The molecule has 5 nitrogen and oxygen atoms in total. The van der Waals surface area contributed by atoms with Crippen LogP contribution in [0.5, 0.6) is 0 Å². The van der Waals surface area contributed by atoms with E-state index < -0.39 is 0 Å². The van der Waals surface area contributed by atoms with E-state index in [-0.39, 0.29) is 18.6 Å². The van der Waals surface area contributed by atoms with Crippen LogP contribution in [0.15, 0.2) is 53.7 Å². The van der Waals surface area contributed by atoms with Gasteiger partial charge in [0.2, 0.25) is 0 Å². The average Bonchev–Trinajstić information content (AvgIpc) is 2.60. The first-order valence-electron chi connectivity index (χ1n) is 8.04. The molecule has 0 radical (unpaired) electrons. The molecule has 2 aromatic carbocycles. The number of rotatable bonds is 5. The van der Waals surface area contributed by atoms with Gasteiger partial charge in [0, 0.05) is 12.8 Å². The lowest BCUT2D eigenvalue weighted by Crippen LogP contribution is -2.45. The summed E-state index contributed by atoms with van der Waals surface area (Å²) in [5.41, 5.74) is 2.21. The molecule has 1 aliphatic heterocycles. The Balaban J connectivity index is 2.03. The maximum atomic E-state index is 12.7. The molecule has 0 aliphatic carbocycles. The van der Waals surface area contributed by atoms with E-state index >= 15 is 0 Å². The lowest BCUT2D eigenvalue weighted by atomic mass is 9.91. The largest absolute Gasteiger partial charge is 0.460 e. The molecule has 0 unspecified atom stereocenters. The fourth-order valence-corrected chi connectivity index (χ4v) is 3.27. The van der Waals surface area contributed by atoms with Crippen LogP contribution in [0, 0.1) is 0 Å². The highest BCUT2D eigenvalue weighted by molar-refractivity contribution is 7.80. The second-order valence-corrected chi connectivity index (χ2v) is 6.18. The zero-order valence-electron chi connectivity index (χ0n) is 14.2. The van der Waals surface area contributed by atoms with Crippen LogP contribution in [0.2, 0.25) is 0 Å². The van der Waals surface area contributed by atoms with Crippen molar-refractivity contribution in [1.82, 2.24) is 10.6 Å². The van der Waals surface area contributed by atoms with Crippen molar-refractivity contribution in [2.45, 2.75) is 13.0 Å². The number of hydrogen-bond donors (Lipinski definition) is 2. The first kappa shape index (κ1) is 17.4. The number of benzene rings is 2. The van der Waals surface area contributed by atoms with Gasteiger partial charge < -0.3 is 20.1 Å². The molecular weight excluding hydrogens is 336 g/mol. The molecule has 1 atom stereocenters. The van der Waals surface area contributed by atoms with Gasteiger partial charge in [-0.15, -0.1) is 0 Å². The van der Waals surface area contributed by atoms with Gasteiger partial charge in [-0.2, -0.15) is 0 Å². The van der Waals surface area contributed by atoms with Crippen molar-refractivity contribution in [2.75, 3.05) is 20.3 Å². The van der Waals surface area contributed by atoms with Crippen molar-refractivity contribution >= 4 is 34.1 Å². The third kappa shape index (κ3) is 3.65. The molecule has 130 valence electrons. The number of methoxy groups -OCH3 is 1. The van der Waals surface area contributed by atoms with Gasteiger partial charge in [0.1, 0.15) is 6.61 Å². The zero-order valence-corrected chi connectivity index (χ0v) is 15.0. The Morgan fingerprint density at radius 3 is 2.72 bits per heavy atom. The molecular formula is C19H20N2O3S. The maximum Gasteiger partial charge on any atom is 0.338 e. The van der Waals surface area contributed by atoms with Gasteiger partial charge in [-0.3, -0.25) is 0 Å². The zero-order chi connectivity index (χ0) is 17.8. The minimum absolute atomic E-state index is 0.207. The Hall–Kier alpha value is -2.44. The van der Waals surface area contributed by atoms with E-state index in [1.54, 1.807) is 7.11 Å². The normalized spacial score (nSPS) is 17.2. The fraction of sp³-hybridized carbons (Fsp3) is 0.263. The van der Waals surface area contributed by atoms with Gasteiger partial charge in [-0.05, 0) is 35.5 Å². The van der Waals surface area contributed by atoms with E-state index in [1.165, 1.54) is 0 Å². The summed E-state index contributed by atoms with van der Waals surface area (Å²) in [5.74, 6) is -0.380. The van der Waals surface area contributed by atoms with E-state index in [0.29, 0.717) is 23.0 Å². The third-order valence-corrected chi connectivity index (χ3v) is 4.36. The molecule has 6 heteroatoms. The first-order valence-corrected chi connectivity index (χ1v) is 8.44. The molecule has 0 amide bonds. The SMILES string of the molecule is COCCOC(=O)C1=C(C)NC(=S)N[C@@H]1c1cccc2ccccc12. The van der Waals surface area contributed by atoms with E-state index in [1.807, 2.05) is 49.4 Å². The Morgan fingerprint density at radius 2 is 1.92 bits per heavy atom. The number of nitrogens with one attached hydrogen (secondary N) is 2. The van der Waals surface area contributed by atoms with E-state index in [0.717, 1.165) is 16.3 Å². The summed E-state index contributed by atoms with van der Waals surface area (Å²) in [6.45, 7) is 2.40. The summed E-state index contributed by atoms with van der Waals surface area (Å²) in [5, 5.41) is 8.89. The summed E-state index contributed by atoms with van der Waals surface area (Å²) in [6, 6.07) is 13.7. The van der Waals surface area contributed by atoms with Crippen LogP contribution in [0.1, 0.15) is 18.5 Å². The van der Waals surface area contributed by atoms with Gasteiger partial charge in [0.15, 0.2) is 5.11 Å². The Morgan fingerprint density at radius 1 is 1.16 bits per heavy atom. The van der Waals surface area contributed by atoms with Gasteiger partial charge >= 0.3 is 5.97 Å². The highest BCUT2D eigenvalue weighted by Crippen LogP contribution is 2.32. The van der Waals surface area contributed by atoms with Crippen molar-refractivity contribution in [3.8, 4) is 0 Å². The quantitative estimate of drug-likeness (QED) is 0.488. The molecule has 25 heavy (non-hydrogen) atoms. The van der Waals surface area contributed by atoms with Gasteiger partial charge in [0.25, 0.3) is 0 Å². The third-order valence-electron chi connectivity index (χ3n) is 4.14. The summed E-state index contributed by atoms with van der Waals surface area (Å²) in [4.78, 5) is 12.7. The minimum Gasteiger partial charge on any atom is -0.460 e. The van der Waals surface area contributed by atoms with Crippen molar-refractivity contribution in [2.24, 2.45) is 0 Å². The lowest BCUT2D eigenvalue weighted by Gasteiger charge is -2.30. The predicted octanol–water partition coefficient (Wildman–Crippen LogP) is 2.82. The highest BCUT2D eigenvalue weighted by atomic mass is 32.1. The molecule has 0 spiro atoms. The van der Waals surface area contributed by atoms with Crippen molar-refractivity contribution in [3.05, 3.63) is 59.3 Å². The van der Waals surface area contributed by atoms with Crippen molar-refractivity contribution < 1.29 is 14.3 Å². The van der Waals surface area contributed by atoms with Gasteiger partial charge in [0.05, 0.1) is 18.2 Å². The van der Waals surface area contributed by atoms with Crippen LogP contribution in [0.4, 0.5) is 0 Å². The Bertz CT molecular complexity index is 842. The molecule has 0 saturated heterocycles. The summed E-state index contributed by atoms with van der Waals surface area (Å²) < 4.78 is 10.3. The summed E-state index contributed by atoms with van der Waals surface area (Å²) in [7, 11) is 1.57. The van der Waals surface area contributed by atoms with Crippen LogP contribution in [0.3, 0.4) is 0 Å². The topological polar surface area (TPSA) is 59.6 Å². The molecule has 3 rings (SSSR count). The van der Waals surface area contributed by atoms with E-state index in [2.05, 4.69) is 10.6 Å². The second kappa shape index (κ2) is 7.63. The second-order valence-electron chi connectivity index (χ2n) is 5.77. The maximum absolute atomic E-state index is 12.7. The fourth-order valence-electron chi connectivity index (χ4n) is 3.00. The molecule has 0 aromatic heterocycles. The lowest BCUT2D eigenvalue weighted by molar-refractivity contribution is -0.140. The first-order chi connectivity index (χ1) is 12.1. The highest BCUT2D eigenvalue weighted by Gasteiger charge is 2.31. The minimum atomic E-state index is -0.380. The van der Waals surface area contributed by atoms with Crippen LogP contribution >= 0.6 is 12.2 Å². The number of thiocarbonyl (C=S) groups is 1. The number of ether oxygens (including phenoxy) is 2. The van der Waals surface area contributed by atoms with Gasteiger partial charge in [-0.1, -0.05) is 42.5 Å². The van der Waals surface area contributed by atoms with Crippen LogP contribution in [-0.2, 0) is 14.3 Å². The van der Waals surface area contributed by atoms with Crippen LogP contribution in [-0.4, -0.2) is 31.4 Å². The molecule has 1 heterocycles. The van der Waals surface area contributed by atoms with Crippen LogP contribution in [0.25, 0.3) is 10.8 Å². The summed E-state index contributed by atoms with van der Waals surface area (Å²) >= 11 is 5.30. The van der Waals surface area contributed by atoms with Gasteiger partial charge in [-0.25, -0.2) is 4.79 Å². The van der Waals surface area contributed by atoms with Crippen LogP contribution < -0.4 is 10.6 Å². The molecule has 2 N–H and O–H groups in total. The Labute approximate surface area is 152 Å². The summed E-state index contributed by atoms with van der Waals surface area (Å²) in [6.07, 6.45) is 0. The van der Waals surface area contributed by atoms with Crippen molar-refractivity contribution in [3.63, 3.8) is 0 Å². The number of allylic oxidation sites excluding steroid dienone is 1. The monoisotopic (exact) mass is 356 g/mol. The Kier molecular flexibility index (Phi) is 5.31. The smallest absolute Gasteiger partial charge is 0.338 e.